The molecule has 2 amide bonds. The summed E-state index contributed by atoms with van der Waals surface area (Å²) in [5, 5.41) is 5.15. The summed E-state index contributed by atoms with van der Waals surface area (Å²) in [6.45, 7) is 7.36. The van der Waals surface area contributed by atoms with Crippen LogP contribution in [-0.4, -0.2) is 49.6 Å². The third kappa shape index (κ3) is 6.50. The molecule has 2 aromatic rings. The van der Waals surface area contributed by atoms with E-state index in [4.69, 9.17) is 14.2 Å². The van der Waals surface area contributed by atoms with Crippen LogP contribution < -0.4 is 10.6 Å². The third-order valence-corrected chi connectivity index (χ3v) is 5.31. The number of amides is 2. The predicted molar refractivity (Wildman–Crippen MR) is 127 cm³/mol. The fraction of sp³-hybridized carbons (Fsp3) is 0.423. The first-order valence-corrected chi connectivity index (χ1v) is 11.4. The van der Waals surface area contributed by atoms with Gasteiger partial charge < -0.3 is 24.8 Å². The van der Waals surface area contributed by atoms with Gasteiger partial charge in [-0.2, -0.15) is 0 Å². The van der Waals surface area contributed by atoms with Crippen molar-refractivity contribution in [3.8, 4) is 11.1 Å². The molecule has 2 aromatic carbocycles. The van der Waals surface area contributed by atoms with Crippen molar-refractivity contribution in [2.24, 2.45) is 0 Å². The summed E-state index contributed by atoms with van der Waals surface area (Å²) in [7, 11) is 0. The lowest BCUT2D eigenvalue weighted by atomic mass is 9.98. The molecule has 1 aliphatic rings. The van der Waals surface area contributed by atoms with Crippen molar-refractivity contribution in [2.45, 2.75) is 51.7 Å². The van der Waals surface area contributed by atoms with E-state index in [-0.39, 0.29) is 32.1 Å². The van der Waals surface area contributed by atoms with Crippen molar-refractivity contribution in [1.29, 1.82) is 0 Å². The van der Waals surface area contributed by atoms with E-state index in [2.05, 4.69) is 22.8 Å². The molecular weight excluding hydrogens is 436 g/mol. The Morgan fingerprint density at radius 1 is 0.912 bits per heavy atom. The molecule has 0 spiro atoms. The molecule has 8 nitrogen and oxygen atoms in total. The van der Waals surface area contributed by atoms with Crippen molar-refractivity contribution in [3.63, 3.8) is 0 Å². The van der Waals surface area contributed by atoms with E-state index >= 15 is 0 Å². The fourth-order valence-electron chi connectivity index (χ4n) is 3.91. The van der Waals surface area contributed by atoms with Gasteiger partial charge in [-0.3, -0.25) is 0 Å². The van der Waals surface area contributed by atoms with Gasteiger partial charge in [0.25, 0.3) is 0 Å². The molecule has 0 saturated heterocycles. The minimum Gasteiger partial charge on any atom is -0.464 e. The number of carbonyl (C=O) groups excluding carboxylic acids is 3. The van der Waals surface area contributed by atoms with E-state index in [0.717, 1.165) is 22.3 Å². The first-order valence-electron chi connectivity index (χ1n) is 11.4. The highest BCUT2D eigenvalue weighted by atomic mass is 16.6. The van der Waals surface area contributed by atoms with Gasteiger partial charge in [0, 0.05) is 12.5 Å². The van der Waals surface area contributed by atoms with Gasteiger partial charge >= 0.3 is 18.2 Å². The molecule has 0 aromatic heterocycles. The van der Waals surface area contributed by atoms with Gasteiger partial charge in [0.1, 0.15) is 18.2 Å². The smallest absolute Gasteiger partial charge is 0.407 e. The zero-order chi connectivity index (χ0) is 24.7. The van der Waals surface area contributed by atoms with Crippen LogP contribution in [0.5, 0.6) is 0 Å². The van der Waals surface area contributed by atoms with E-state index in [9.17, 15) is 14.4 Å². The van der Waals surface area contributed by atoms with Crippen molar-refractivity contribution < 1.29 is 28.6 Å². The molecule has 0 heterocycles. The zero-order valence-corrected chi connectivity index (χ0v) is 20.1. The van der Waals surface area contributed by atoms with Crippen LogP contribution in [0.4, 0.5) is 9.59 Å². The molecule has 8 heteroatoms. The number of ether oxygens (including phenoxy) is 3. The molecular formula is C26H32N2O6. The minimum atomic E-state index is -0.967. The van der Waals surface area contributed by atoms with Crippen LogP contribution in [0, 0.1) is 0 Å². The molecule has 34 heavy (non-hydrogen) atoms. The molecule has 182 valence electrons. The highest BCUT2D eigenvalue weighted by molar-refractivity contribution is 5.82. The van der Waals surface area contributed by atoms with Gasteiger partial charge in [-0.15, -0.1) is 0 Å². The highest BCUT2D eigenvalue weighted by Crippen LogP contribution is 2.44. The molecule has 0 bridgehead atoms. The van der Waals surface area contributed by atoms with Crippen molar-refractivity contribution in [2.75, 3.05) is 19.8 Å². The number of carbonyl (C=O) groups is 3. The van der Waals surface area contributed by atoms with Gasteiger partial charge in [0.05, 0.1) is 6.61 Å². The average Bonchev–Trinajstić information content (AvgIpc) is 3.10. The summed E-state index contributed by atoms with van der Waals surface area (Å²) in [4.78, 5) is 36.8. The second-order valence-corrected chi connectivity index (χ2v) is 8.99. The van der Waals surface area contributed by atoms with E-state index in [1.54, 1.807) is 27.7 Å². The van der Waals surface area contributed by atoms with Crippen molar-refractivity contribution in [1.82, 2.24) is 10.6 Å². The maximum Gasteiger partial charge on any atom is 0.407 e. The second-order valence-electron chi connectivity index (χ2n) is 8.99. The van der Waals surface area contributed by atoms with Crippen molar-refractivity contribution >= 4 is 18.2 Å². The van der Waals surface area contributed by atoms with Crippen LogP contribution in [-0.2, 0) is 19.0 Å². The third-order valence-electron chi connectivity index (χ3n) is 5.31. The van der Waals surface area contributed by atoms with Gasteiger partial charge in [-0.05, 0) is 56.4 Å². The number of rotatable bonds is 8. The van der Waals surface area contributed by atoms with Gasteiger partial charge in [-0.25, -0.2) is 14.4 Å². The monoisotopic (exact) mass is 468 g/mol. The summed E-state index contributed by atoms with van der Waals surface area (Å²) in [5.41, 5.74) is 3.82. The minimum absolute atomic E-state index is 0.0898. The highest BCUT2D eigenvalue weighted by Gasteiger charge is 2.30. The average molecular weight is 469 g/mol. The number of esters is 1. The lowest BCUT2D eigenvalue weighted by molar-refractivity contribution is -0.145. The number of alkyl carbamates (subject to hydrolysis) is 2. The largest absolute Gasteiger partial charge is 0.464 e. The van der Waals surface area contributed by atoms with Crippen molar-refractivity contribution in [3.05, 3.63) is 59.7 Å². The van der Waals surface area contributed by atoms with E-state index in [0.29, 0.717) is 0 Å². The molecule has 1 aliphatic carbocycles. The number of hydrogen-bond acceptors (Lipinski definition) is 6. The molecule has 0 aliphatic heterocycles. The maximum atomic E-state index is 12.6. The second kappa shape index (κ2) is 11.0. The first kappa shape index (κ1) is 25.1. The molecule has 0 saturated carbocycles. The Balaban J connectivity index is 1.58. The zero-order valence-electron chi connectivity index (χ0n) is 20.1. The molecule has 1 atom stereocenters. The van der Waals surface area contributed by atoms with Gasteiger partial charge in [0.2, 0.25) is 0 Å². The summed E-state index contributed by atoms with van der Waals surface area (Å²) in [6, 6.07) is 15.1. The van der Waals surface area contributed by atoms with Crippen LogP contribution in [0.15, 0.2) is 48.5 Å². The summed E-state index contributed by atoms with van der Waals surface area (Å²) in [6.07, 6.45) is -1.20. The van der Waals surface area contributed by atoms with E-state index in [1.165, 1.54) is 0 Å². The lowest BCUT2D eigenvalue weighted by Crippen LogP contribution is -2.45. The lowest BCUT2D eigenvalue weighted by Gasteiger charge is -2.21. The molecule has 2 N–H and O–H groups in total. The first-order chi connectivity index (χ1) is 16.2. The van der Waals surface area contributed by atoms with Gasteiger partial charge in [0.15, 0.2) is 0 Å². The van der Waals surface area contributed by atoms with Gasteiger partial charge in [-0.1, -0.05) is 48.5 Å². The number of fused-ring (bicyclic) bond motifs is 3. The van der Waals surface area contributed by atoms with E-state index < -0.39 is 29.8 Å². The normalized spacial score (nSPS) is 13.3. The van der Waals surface area contributed by atoms with Crippen LogP contribution >= 0.6 is 0 Å². The summed E-state index contributed by atoms with van der Waals surface area (Å²) >= 11 is 0. The quantitative estimate of drug-likeness (QED) is 0.441. The maximum absolute atomic E-state index is 12.6. The topological polar surface area (TPSA) is 103 Å². The summed E-state index contributed by atoms with van der Waals surface area (Å²) in [5.74, 6) is -0.685. The van der Waals surface area contributed by atoms with E-state index in [1.807, 2.05) is 36.4 Å². The van der Waals surface area contributed by atoms with Crippen LogP contribution in [0.2, 0.25) is 0 Å². The Kier molecular flexibility index (Phi) is 8.15. The Bertz CT molecular complexity index is 984. The summed E-state index contributed by atoms with van der Waals surface area (Å²) < 4.78 is 15.8. The van der Waals surface area contributed by atoms with Crippen LogP contribution in [0.3, 0.4) is 0 Å². The molecule has 0 radical (unpaired) electrons. The fourth-order valence-corrected chi connectivity index (χ4v) is 3.91. The Hall–Kier alpha value is -3.55. The SMILES string of the molecule is CCOC(=O)[C@H](CCNC(=O)OC(C)(C)C)NC(=O)OCC1c2ccccc2-c2ccccc21. The Morgan fingerprint density at radius 2 is 1.50 bits per heavy atom. The molecule has 3 rings (SSSR count). The molecule has 0 fully saturated rings. The number of benzene rings is 2. The predicted octanol–water partition coefficient (Wildman–Crippen LogP) is 4.37. The van der Waals surface area contributed by atoms with Crippen LogP contribution in [0.1, 0.15) is 51.2 Å². The number of hydrogen-bond donors (Lipinski definition) is 2. The Morgan fingerprint density at radius 3 is 2.06 bits per heavy atom. The number of nitrogens with one attached hydrogen (secondary N) is 2. The Labute approximate surface area is 200 Å². The molecule has 0 unspecified atom stereocenters. The van der Waals surface area contributed by atoms with Crippen LogP contribution in [0.25, 0.3) is 11.1 Å². The standard InChI is InChI=1S/C26H32N2O6/c1-5-32-23(29)22(14-15-27-24(30)34-26(2,3)4)28-25(31)33-16-21-19-12-8-6-10-17(19)18-11-7-9-13-20(18)21/h6-13,21-22H,5,14-16H2,1-4H3,(H,27,30)(H,28,31)/t22-/m0/s1.